The first-order chi connectivity index (χ1) is 16.5. The first-order valence-electron chi connectivity index (χ1n) is 12.9. The van der Waals surface area contributed by atoms with Gasteiger partial charge in [0, 0.05) is 38.6 Å². The van der Waals surface area contributed by atoms with E-state index < -0.39 is 0 Å². The Bertz CT molecular complexity index is 859. The van der Waals surface area contributed by atoms with Crippen molar-refractivity contribution in [1.82, 2.24) is 20.5 Å². The van der Waals surface area contributed by atoms with E-state index in [1.54, 1.807) is 0 Å². The number of fused-ring (bicyclic) bond motifs is 3. The number of nitrogens with zero attached hydrogens (tertiary/aromatic N) is 3. The Hall–Kier alpha value is -2.61. The van der Waals surface area contributed by atoms with Crippen LogP contribution in [0.15, 0.2) is 35.4 Å². The molecule has 2 heterocycles. The summed E-state index contributed by atoms with van der Waals surface area (Å²) in [5, 5.41) is 7.60. The van der Waals surface area contributed by atoms with Crippen LogP contribution in [-0.4, -0.2) is 65.6 Å². The molecule has 34 heavy (non-hydrogen) atoms. The van der Waals surface area contributed by atoms with Crippen molar-refractivity contribution < 1.29 is 14.3 Å². The third-order valence-corrected chi connectivity index (χ3v) is 7.01. The summed E-state index contributed by atoms with van der Waals surface area (Å²) in [7, 11) is 0. The summed E-state index contributed by atoms with van der Waals surface area (Å²) in [6.45, 7) is 5.95. The van der Waals surface area contributed by atoms with E-state index >= 15 is 0 Å². The molecular weight excluding hydrogens is 430 g/mol. The molecule has 8 heteroatoms. The molecular formula is C26H39N5O3. The van der Waals surface area contributed by atoms with Crippen LogP contribution in [0.25, 0.3) is 0 Å². The number of amidine groups is 1. The second-order valence-electron chi connectivity index (χ2n) is 9.79. The molecule has 0 aromatic heterocycles. The molecule has 3 atom stereocenters. The predicted molar refractivity (Wildman–Crippen MR) is 132 cm³/mol. The van der Waals surface area contributed by atoms with Crippen molar-refractivity contribution in [3.63, 3.8) is 0 Å². The molecule has 1 aromatic rings. The zero-order valence-corrected chi connectivity index (χ0v) is 20.5. The molecule has 2 fully saturated rings. The highest BCUT2D eigenvalue weighted by Gasteiger charge is 2.50. The number of amides is 2. The Morgan fingerprint density at radius 2 is 2.00 bits per heavy atom. The highest BCUT2D eigenvalue weighted by atomic mass is 16.5. The number of hydrogen-bond acceptors (Lipinski definition) is 6. The van der Waals surface area contributed by atoms with Crippen molar-refractivity contribution in [2.75, 3.05) is 19.7 Å². The van der Waals surface area contributed by atoms with Crippen LogP contribution >= 0.6 is 0 Å². The van der Waals surface area contributed by atoms with E-state index in [9.17, 15) is 9.59 Å². The van der Waals surface area contributed by atoms with Gasteiger partial charge in [0.05, 0.1) is 12.0 Å². The first-order valence-corrected chi connectivity index (χ1v) is 12.9. The van der Waals surface area contributed by atoms with Gasteiger partial charge in [0.25, 0.3) is 0 Å². The quantitative estimate of drug-likeness (QED) is 0.487. The van der Waals surface area contributed by atoms with Crippen molar-refractivity contribution in [1.29, 1.82) is 0 Å². The second-order valence-corrected chi connectivity index (χ2v) is 9.79. The number of carbonyl (C=O) groups is 2. The average molecular weight is 470 g/mol. The van der Waals surface area contributed by atoms with E-state index in [0.717, 1.165) is 44.4 Å². The zero-order valence-electron chi connectivity index (χ0n) is 20.5. The monoisotopic (exact) mass is 469 g/mol. The first kappa shape index (κ1) is 24.5. The molecule has 186 valence electrons. The summed E-state index contributed by atoms with van der Waals surface area (Å²) < 4.78 is 5.52. The van der Waals surface area contributed by atoms with Gasteiger partial charge < -0.3 is 19.9 Å². The minimum Gasteiger partial charge on any atom is -0.379 e. The van der Waals surface area contributed by atoms with E-state index in [-0.39, 0.29) is 36.2 Å². The number of nitrogens with one attached hydrogen (secondary N) is 2. The smallest absolute Gasteiger partial charge is 0.230 e. The van der Waals surface area contributed by atoms with Crippen LogP contribution in [0.4, 0.5) is 0 Å². The van der Waals surface area contributed by atoms with Crippen molar-refractivity contribution in [3.05, 3.63) is 35.9 Å². The maximum Gasteiger partial charge on any atom is 0.230 e. The summed E-state index contributed by atoms with van der Waals surface area (Å²) in [5.74, 6) is 1.19. The van der Waals surface area contributed by atoms with E-state index in [1.807, 2.05) is 36.9 Å². The van der Waals surface area contributed by atoms with Gasteiger partial charge in [-0.25, -0.2) is 0 Å². The zero-order chi connectivity index (χ0) is 23.9. The van der Waals surface area contributed by atoms with Crippen molar-refractivity contribution in [2.45, 2.75) is 83.6 Å². The van der Waals surface area contributed by atoms with Gasteiger partial charge in [0.15, 0.2) is 6.29 Å². The van der Waals surface area contributed by atoms with Crippen LogP contribution in [-0.2, 0) is 20.7 Å². The van der Waals surface area contributed by atoms with Gasteiger partial charge >= 0.3 is 0 Å². The maximum atomic E-state index is 13.4. The normalized spacial score (nSPS) is 23.9. The third kappa shape index (κ3) is 5.90. The van der Waals surface area contributed by atoms with Crippen LogP contribution in [0.3, 0.4) is 0 Å². The van der Waals surface area contributed by atoms with Crippen LogP contribution in [0.1, 0.15) is 64.4 Å². The molecule has 2 aliphatic heterocycles. The van der Waals surface area contributed by atoms with Crippen LogP contribution in [0, 0.1) is 5.92 Å². The lowest BCUT2D eigenvalue weighted by Crippen LogP contribution is -2.67. The fourth-order valence-electron chi connectivity index (χ4n) is 5.30. The fraction of sp³-hybridized carbons (Fsp3) is 0.654. The van der Waals surface area contributed by atoms with E-state index in [2.05, 4.69) is 32.9 Å². The van der Waals surface area contributed by atoms with Crippen LogP contribution in [0.5, 0.6) is 0 Å². The Balaban J connectivity index is 1.34. The lowest BCUT2D eigenvalue weighted by molar-refractivity contribution is -0.155. The Labute approximate surface area is 203 Å². The van der Waals surface area contributed by atoms with Gasteiger partial charge in [-0.05, 0) is 45.1 Å². The summed E-state index contributed by atoms with van der Waals surface area (Å²) in [6, 6.07) is 10.5. The number of ether oxygens (including phenoxy) is 1. The number of carbonyl (C=O) groups excluding carboxylic acids is 2. The minimum atomic E-state index is -0.248. The summed E-state index contributed by atoms with van der Waals surface area (Å²) in [4.78, 5) is 30.1. The fourth-order valence-corrected chi connectivity index (χ4v) is 5.30. The van der Waals surface area contributed by atoms with Crippen LogP contribution < -0.4 is 10.7 Å². The molecule has 1 saturated heterocycles. The lowest BCUT2D eigenvalue weighted by atomic mass is 9.80. The van der Waals surface area contributed by atoms with Crippen molar-refractivity contribution in [2.24, 2.45) is 11.0 Å². The molecule has 1 aliphatic carbocycles. The molecule has 1 aromatic carbocycles. The van der Waals surface area contributed by atoms with Gasteiger partial charge in [-0.1, -0.05) is 43.2 Å². The van der Waals surface area contributed by atoms with E-state index in [4.69, 9.17) is 4.74 Å². The molecule has 3 unspecified atom stereocenters. The molecule has 3 aliphatic rings. The molecule has 2 amide bonds. The summed E-state index contributed by atoms with van der Waals surface area (Å²) in [6.07, 6.45) is 6.71. The largest absolute Gasteiger partial charge is 0.379 e. The van der Waals surface area contributed by atoms with Crippen molar-refractivity contribution >= 4 is 17.6 Å². The topological polar surface area (TPSA) is 86.3 Å². The Morgan fingerprint density at radius 3 is 2.79 bits per heavy atom. The van der Waals surface area contributed by atoms with Gasteiger partial charge in [-0.15, -0.1) is 0 Å². The van der Waals surface area contributed by atoms with Gasteiger partial charge in [-0.3, -0.25) is 15.0 Å². The van der Waals surface area contributed by atoms with E-state index in [1.165, 1.54) is 5.56 Å². The lowest BCUT2D eigenvalue weighted by Gasteiger charge is -2.50. The molecule has 0 radical (unpaired) electrons. The van der Waals surface area contributed by atoms with Gasteiger partial charge in [-0.2, -0.15) is 5.10 Å². The summed E-state index contributed by atoms with van der Waals surface area (Å²) in [5.41, 5.74) is 4.45. The Morgan fingerprint density at radius 1 is 1.21 bits per heavy atom. The molecule has 0 bridgehead atoms. The highest BCUT2D eigenvalue weighted by molar-refractivity contribution is 5.91. The summed E-state index contributed by atoms with van der Waals surface area (Å²) >= 11 is 0. The maximum absolute atomic E-state index is 13.4. The second kappa shape index (κ2) is 11.7. The molecule has 2 N–H and O–H groups in total. The van der Waals surface area contributed by atoms with Crippen molar-refractivity contribution in [3.8, 4) is 0 Å². The van der Waals surface area contributed by atoms with Gasteiger partial charge in [0.2, 0.25) is 11.8 Å². The average Bonchev–Trinajstić information content (AvgIpc) is 3.27. The molecule has 0 spiro atoms. The predicted octanol–water partition coefficient (Wildman–Crippen LogP) is 2.84. The highest BCUT2D eigenvalue weighted by Crippen LogP contribution is 2.37. The van der Waals surface area contributed by atoms with Gasteiger partial charge in [0.1, 0.15) is 5.84 Å². The third-order valence-electron chi connectivity index (χ3n) is 7.01. The standard InChI is InChI=1S/C26H39N5O3/c1-19(2)34-18-8-16-27-24(32)14-13-23-28-29-26-30(17-15-20-9-4-3-5-10-20)25(33)21-11-6-7-12-22(21)31(23)26/h3-5,9-10,19,21-22,26,29H,6-8,11-18H2,1-2H3,(H,27,32). The molecule has 8 nitrogen and oxygen atoms in total. The SMILES string of the molecule is CC(C)OCCCNC(=O)CCC1=NNC2N(CCc3ccccc3)C(=O)C3CCCCC3N12. The minimum absolute atomic E-state index is 0.0145. The molecule has 1 saturated carbocycles. The number of hydrogen-bond donors (Lipinski definition) is 2. The van der Waals surface area contributed by atoms with Crippen LogP contribution in [0.2, 0.25) is 0 Å². The molecule has 4 rings (SSSR count). The van der Waals surface area contributed by atoms with E-state index in [0.29, 0.717) is 32.5 Å². The number of benzene rings is 1. The Kier molecular flexibility index (Phi) is 8.43. The number of hydrazone groups is 1. The number of rotatable bonds is 11.